The highest BCUT2D eigenvalue weighted by atomic mass is 19.2. The molecule has 2 aromatic rings. The van der Waals surface area contributed by atoms with Crippen molar-refractivity contribution in [2.45, 2.75) is 6.92 Å². The van der Waals surface area contributed by atoms with E-state index in [1.807, 2.05) is 0 Å². The Hall–Kier alpha value is -2.77. The summed E-state index contributed by atoms with van der Waals surface area (Å²) in [7, 11) is 0. The van der Waals surface area contributed by atoms with Crippen LogP contribution < -0.4 is 10.1 Å². The summed E-state index contributed by atoms with van der Waals surface area (Å²) in [6.07, 6.45) is 0. The molecule has 0 spiro atoms. The van der Waals surface area contributed by atoms with Gasteiger partial charge in [0.25, 0.3) is 5.69 Å². The lowest BCUT2D eigenvalue weighted by molar-refractivity contribution is -0.384. The second-order valence-corrected chi connectivity index (χ2v) is 4.01. The molecule has 0 amide bonds. The van der Waals surface area contributed by atoms with Crippen LogP contribution in [0.3, 0.4) is 0 Å². The molecule has 0 saturated heterocycles. The van der Waals surface area contributed by atoms with Gasteiger partial charge in [0.2, 0.25) is 5.88 Å². The highest BCUT2D eigenvalue weighted by Gasteiger charge is 2.13. The Kier molecular flexibility index (Phi) is 4.27. The number of hydrogen-bond acceptors (Lipinski definition) is 5. The molecule has 0 aliphatic heterocycles. The van der Waals surface area contributed by atoms with Crippen LogP contribution in [0.15, 0.2) is 30.3 Å². The molecule has 0 aliphatic rings. The minimum atomic E-state index is -1.08. The Morgan fingerprint density at radius 2 is 2.05 bits per heavy atom. The van der Waals surface area contributed by atoms with Gasteiger partial charge in [0.05, 0.1) is 17.1 Å². The number of nitro groups is 1. The van der Waals surface area contributed by atoms with Crippen LogP contribution in [0.4, 0.5) is 20.3 Å². The van der Waals surface area contributed by atoms with Gasteiger partial charge in [-0.25, -0.2) is 8.78 Å². The molecule has 21 heavy (non-hydrogen) atoms. The Labute approximate surface area is 118 Å². The van der Waals surface area contributed by atoms with Crippen molar-refractivity contribution in [1.82, 2.24) is 4.98 Å². The highest BCUT2D eigenvalue weighted by molar-refractivity contribution is 5.49. The lowest BCUT2D eigenvalue weighted by Crippen LogP contribution is -2.02. The number of benzene rings is 1. The minimum absolute atomic E-state index is 0.00986. The molecule has 1 N–H and O–H groups in total. The zero-order chi connectivity index (χ0) is 15.4. The first kappa shape index (κ1) is 14.6. The number of halogens is 2. The molecule has 2 rings (SSSR count). The van der Waals surface area contributed by atoms with E-state index in [4.69, 9.17) is 4.74 Å². The number of nitrogens with zero attached hydrogens (tertiary/aromatic N) is 2. The third-order valence-corrected chi connectivity index (χ3v) is 2.47. The first-order chi connectivity index (χ1) is 9.99. The third-order valence-electron chi connectivity index (χ3n) is 2.47. The molecule has 6 nitrogen and oxygen atoms in total. The number of pyridine rings is 1. The second kappa shape index (κ2) is 6.12. The third kappa shape index (κ3) is 3.62. The first-order valence-electron chi connectivity index (χ1n) is 6.03. The van der Waals surface area contributed by atoms with Gasteiger partial charge in [0.1, 0.15) is 11.6 Å². The van der Waals surface area contributed by atoms with Crippen LogP contribution in [0.25, 0.3) is 0 Å². The topological polar surface area (TPSA) is 77.3 Å². The van der Waals surface area contributed by atoms with Gasteiger partial charge in [-0.3, -0.25) is 10.1 Å². The van der Waals surface area contributed by atoms with Gasteiger partial charge in [-0.15, -0.1) is 0 Å². The first-order valence-corrected chi connectivity index (χ1v) is 6.03. The van der Waals surface area contributed by atoms with Crippen LogP contribution in [-0.2, 0) is 0 Å². The monoisotopic (exact) mass is 295 g/mol. The van der Waals surface area contributed by atoms with Crippen LogP contribution >= 0.6 is 0 Å². The van der Waals surface area contributed by atoms with E-state index in [0.717, 1.165) is 18.2 Å². The minimum Gasteiger partial charge on any atom is -0.439 e. The van der Waals surface area contributed by atoms with Crippen molar-refractivity contribution in [3.8, 4) is 11.6 Å². The van der Waals surface area contributed by atoms with E-state index in [1.54, 1.807) is 6.92 Å². The summed E-state index contributed by atoms with van der Waals surface area (Å²) in [5.74, 6) is -1.94. The van der Waals surface area contributed by atoms with Crippen LogP contribution in [0.2, 0.25) is 0 Å². The predicted octanol–water partition coefficient (Wildman–Crippen LogP) is 3.49. The van der Waals surface area contributed by atoms with Gasteiger partial charge < -0.3 is 10.1 Å². The predicted molar refractivity (Wildman–Crippen MR) is 71.5 cm³/mol. The Bertz CT molecular complexity index is 680. The van der Waals surface area contributed by atoms with Gasteiger partial charge in [-0.2, -0.15) is 4.98 Å². The smallest absolute Gasteiger partial charge is 0.278 e. The summed E-state index contributed by atoms with van der Waals surface area (Å²) in [5, 5.41) is 13.7. The summed E-state index contributed by atoms with van der Waals surface area (Å²) in [4.78, 5) is 14.2. The molecular weight excluding hydrogens is 284 g/mol. The van der Waals surface area contributed by atoms with E-state index in [2.05, 4.69) is 10.3 Å². The lowest BCUT2D eigenvalue weighted by atomic mass is 10.3. The van der Waals surface area contributed by atoms with E-state index in [9.17, 15) is 18.9 Å². The highest BCUT2D eigenvalue weighted by Crippen LogP contribution is 2.27. The van der Waals surface area contributed by atoms with Gasteiger partial charge >= 0.3 is 0 Å². The van der Waals surface area contributed by atoms with Crippen LogP contribution in [0.1, 0.15) is 6.92 Å². The standard InChI is InChI=1S/C13H11F2N3O3/c1-2-16-12-5-8(18(19)20)6-13(17-12)21-9-3-4-10(14)11(15)7-9/h3-7H,2H2,1H3,(H,16,17). The van der Waals surface area contributed by atoms with Crippen LogP contribution in [-0.4, -0.2) is 16.5 Å². The fourth-order valence-electron chi connectivity index (χ4n) is 1.58. The van der Waals surface area contributed by atoms with Crippen molar-refractivity contribution in [1.29, 1.82) is 0 Å². The van der Waals surface area contributed by atoms with Gasteiger partial charge in [0.15, 0.2) is 11.6 Å². The largest absolute Gasteiger partial charge is 0.439 e. The van der Waals surface area contributed by atoms with Crippen molar-refractivity contribution in [2.24, 2.45) is 0 Å². The van der Waals surface area contributed by atoms with E-state index in [-0.39, 0.29) is 23.1 Å². The average Bonchev–Trinajstić information content (AvgIpc) is 2.43. The van der Waals surface area contributed by atoms with Crippen molar-refractivity contribution in [3.63, 3.8) is 0 Å². The van der Waals surface area contributed by atoms with Crippen molar-refractivity contribution in [3.05, 3.63) is 52.1 Å². The van der Waals surface area contributed by atoms with E-state index < -0.39 is 16.6 Å². The number of anilines is 1. The maximum Gasteiger partial charge on any atom is 0.278 e. The number of rotatable bonds is 5. The number of ether oxygens (including phenoxy) is 1. The van der Waals surface area contributed by atoms with Gasteiger partial charge in [-0.1, -0.05) is 0 Å². The Balaban J connectivity index is 2.33. The lowest BCUT2D eigenvalue weighted by Gasteiger charge is -2.08. The molecule has 0 unspecified atom stereocenters. The van der Waals surface area contributed by atoms with Crippen molar-refractivity contribution >= 4 is 11.5 Å². The van der Waals surface area contributed by atoms with Gasteiger partial charge in [0, 0.05) is 12.6 Å². The maximum atomic E-state index is 13.1. The summed E-state index contributed by atoms with van der Waals surface area (Å²) < 4.78 is 31.1. The SMILES string of the molecule is CCNc1cc([N+](=O)[O-])cc(Oc2ccc(F)c(F)c2)n1. The quantitative estimate of drug-likeness (QED) is 0.675. The Morgan fingerprint density at radius 1 is 1.29 bits per heavy atom. The zero-order valence-electron chi connectivity index (χ0n) is 11.0. The molecule has 1 heterocycles. The van der Waals surface area contributed by atoms with Crippen molar-refractivity contribution in [2.75, 3.05) is 11.9 Å². The molecule has 110 valence electrons. The molecule has 8 heteroatoms. The molecule has 1 aromatic heterocycles. The van der Waals surface area contributed by atoms with Crippen molar-refractivity contribution < 1.29 is 18.4 Å². The summed E-state index contributed by atoms with van der Waals surface area (Å²) in [5.41, 5.74) is -0.224. The molecule has 1 aromatic carbocycles. The molecule has 0 saturated carbocycles. The fraction of sp³-hybridized carbons (Fsp3) is 0.154. The summed E-state index contributed by atoms with van der Waals surface area (Å²) in [6.45, 7) is 2.31. The number of aromatic nitrogens is 1. The van der Waals surface area contributed by atoms with Crippen LogP contribution in [0, 0.1) is 21.7 Å². The molecule has 0 bridgehead atoms. The normalized spacial score (nSPS) is 10.2. The molecule has 0 fully saturated rings. The average molecular weight is 295 g/mol. The van der Waals surface area contributed by atoms with E-state index in [0.29, 0.717) is 6.54 Å². The summed E-state index contributed by atoms with van der Waals surface area (Å²) in [6, 6.07) is 5.28. The number of hydrogen-bond donors (Lipinski definition) is 1. The molecule has 0 atom stereocenters. The Morgan fingerprint density at radius 3 is 2.67 bits per heavy atom. The fourth-order valence-corrected chi connectivity index (χ4v) is 1.58. The van der Waals surface area contributed by atoms with Gasteiger partial charge in [-0.05, 0) is 19.1 Å². The van der Waals surface area contributed by atoms with Crippen LogP contribution in [0.5, 0.6) is 11.6 Å². The van der Waals surface area contributed by atoms with E-state index >= 15 is 0 Å². The maximum absolute atomic E-state index is 13.1. The molecular formula is C13H11F2N3O3. The second-order valence-electron chi connectivity index (χ2n) is 4.01. The number of nitrogens with one attached hydrogen (secondary N) is 1. The van der Waals surface area contributed by atoms with E-state index in [1.165, 1.54) is 12.1 Å². The molecule has 0 radical (unpaired) electrons. The zero-order valence-corrected chi connectivity index (χ0v) is 11.0. The molecule has 0 aliphatic carbocycles. The summed E-state index contributed by atoms with van der Waals surface area (Å²) >= 11 is 0.